The number of amides is 2. The molecule has 2 atom stereocenters. The van der Waals surface area contributed by atoms with E-state index in [1.807, 2.05) is 54.3 Å². The molecule has 0 spiro atoms. The summed E-state index contributed by atoms with van der Waals surface area (Å²) >= 11 is 1.38. The molecule has 0 radical (unpaired) electrons. The van der Waals surface area contributed by atoms with Gasteiger partial charge in [0, 0.05) is 17.8 Å². The van der Waals surface area contributed by atoms with Gasteiger partial charge in [-0.1, -0.05) is 62.4 Å². The van der Waals surface area contributed by atoms with E-state index in [9.17, 15) is 9.59 Å². The Morgan fingerprint density at radius 1 is 1.16 bits per heavy atom. The zero-order valence-corrected chi connectivity index (χ0v) is 19.1. The van der Waals surface area contributed by atoms with E-state index >= 15 is 0 Å². The van der Waals surface area contributed by atoms with E-state index in [1.165, 1.54) is 17.3 Å². The van der Waals surface area contributed by atoms with Crippen LogP contribution in [0.5, 0.6) is 0 Å². The summed E-state index contributed by atoms with van der Waals surface area (Å²) in [5, 5.41) is 0.225. The van der Waals surface area contributed by atoms with Crippen molar-refractivity contribution in [3.8, 4) is 0 Å². The van der Waals surface area contributed by atoms with Crippen LogP contribution >= 0.6 is 11.8 Å². The largest absolute Gasteiger partial charge is 0.311 e. The predicted octanol–water partition coefficient (Wildman–Crippen LogP) is 4.55. The third kappa shape index (κ3) is 3.45. The second kappa shape index (κ2) is 8.54. The maximum atomic E-state index is 13.5. The summed E-state index contributed by atoms with van der Waals surface area (Å²) < 4.78 is 0. The number of amidine groups is 2. The lowest BCUT2D eigenvalue weighted by atomic mass is 10.1. The average molecular weight is 447 g/mol. The van der Waals surface area contributed by atoms with Crippen LogP contribution in [0.4, 0.5) is 11.4 Å². The van der Waals surface area contributed by atoms with Gasteiger partial charge in [-0.3, -0.25) is 14.6 Å². The van der Waals surface area contributed by atoms with E-state index < -0.39 is 0 Å². The van der Waals surface area contributed by atoms with Crippen LogP contribution in [-0.4, -0.2) is 45.6 Å². The maximum absolute atomic E-state index is 13.5. The number of anilines is 1. The summed E-state index contributed by atoms with van der Waals surface area (Å²) in [4.78, 5) is 39.8. The van der Waals surface area contributed by atoms with Gasteiger partial charge in [0.05, 0.1) is 10.9 Å². The van der Waals surface area contributed by atoms with E-state index in [-0.39, 0.29) is 23.1 Å². The highest BCUT2D eigenvalue weighted by atomic mass is 32.2. The number of carbonyl (C=O) groups excluding carboxylic acids is 2. The molecule has 2 aromatic rings. The summed E-state index contributed by atoms with van der Waals surface area (Å²) in [5.41, 5.74) is 3.87. The van der Waals surface area contributed by atoms with Crippen LogP contribution in [0.15, 0.2) is 58.5 Å². The van der Waals surface area contributed by atoms with Crippen LogP contribution in [0.2, 0.25) is 0 Å². The molecule has 32 heavy (non-hydrogen) atoms. The monoisotopic (exact) mass is 446 g/mol. The van der Waals surface area contributed by atoms with Crippen molar-refractivity contribution in [1.82, 2.24) is 4.90 Å². The third-order valence-corrected chi connectivity index (χ3v) is 7.46. The van der Waals surface area contributed by atoms with Crippen LogP contribution < -0.4 is 4.90 Å². The van der Waals surface area contributed by atoms with Crippen LogP contribution in [0, 0.1) is 0 Å². The Hall–Kier alpha value is -2.93. The Morgan fingerprint density at radius 3 is 2.75 bits per heavy atom. The van der Waals surface area contributed by atoms with Gasteiger partial charge < -0.3 is 4.90 Å². The topological polar surface area (TPSA) is 65.3 Å². The smallest absolute Gasteiger partial charge is 0.259 e. The number of hydrogen-bond donors (Lipinski definition) is 0. The van der Waals surface area contributed by atoms with E-state index in [0.717, 1.165) is 29.8 Å². The molecule has 2 amide bonds. The summed E-state index contributed by atoms with van der Waals surface area (Å²) in [6.45, 7) is 4.76. The first-order chi connectivity index (χ1) is 15.6. The van der Waals surface area contributed by atoms with Crippen molar-refractivity contribution in [3.63, 3.8) is 0 Å². The van der Waals surface area contributed by atoms with Crippen LogP contribution in [0.25, 0.3) is 0 Å². The Balaban J connectivity index is 1.46. The Labute approximate surface area is 192 Å². The predicted molar refractivity (Wildman–Crippen MR) is 130 cm³/mol. The molecule has 0 aromatic heterocycles. The molecule has 0 saturated heterocycles. The number of carbonyl (C=O) groups is 2. The summed E-state index contributed by atoms with van der Waals surface area (Å²) in [6, 6.07) is 15.5. The van der Waals surface area contributed by atoms with Gasteiger partial charge in [0.15, 0.2) is 5.17 Å². The van der Waals surface area contributed by atoms with Gasteiger partial charge in [-0.15, -0.1) is 0 Å². The van der Waals surface area contributed by atoms with E-state index in [0.29, 0.717) is 30.4 Å². The number of benzene rings is 2. The zero-order valence-electron chi connectivity index (χ0n) is 18.3. The first-order valence-corrected chi connectivity index (χ1v) is 12.2. The number of para-hydroxylation sites is 2. The highest BCUT2D eigenvalue weighted by Crippen LogP contribution is 2.37. The van der Waals surface area contributed by atoms with Gasteiger partial charge in [-0.05, 0) is 43.0 Å². The van der Waals surface area contributed by atoms with Crippen molar-refractivity contribution in [3.05, 3.63) is 59.7 Å². The minimum atomic E-state index is -0.381. The lowest BCUT2D eigenvalue weighted by Gasteiger charge is -2.29. The van der Waals surface area contributed by atoms with Crippen molar-refractivity contribution < 1.29 is 9.59 Å². The molecule has 3 aliphatic rings. The highest BCUT2D eigenvalue weighted by Gasteiger charge is 2.42. The number of nitrogens with zero attached hydrogens (tertiary/aromatic N) is 4. The minimum absolute atomic E-state index is 0.0450. The SMILES string of the molecule is CCC[C@@H]1N=C2c3ccccc3N=C(S[C@@H](CC)C(=O)N3CCc4ccccc43)N2C1=O. The van der Waals surface area contributed by atoms with Crippen molar-refractivity contribution >= 4 is 46.0 Å². The highest BCUT2D eigenvalue weighted by molar-refractivity contribution is 8.15. The van der Waals surface area contributed by atoms with Crippen LogP contribution in [0.1, 0.15) is 44.2 Å². The van der Waals surface area contributed by atoms with Crippen LogP contribution in [0.3, 0.4) is 0 Å². The van der Waals surface area contributed by atoms with Gasteiger partial charge in [-0.25, -0.2) is 9.89 Å². The number of fused-ring (bicyclic) bond motifs is 4. The Kier molecular flexibility index (Phi) is 5.59. The van der Waals surface area contributed by atoms with E-state index in [4.69, 9.17) is 9.98 Å². The molecule has 164 valence electrons. The summed E-state index contributed by atoms with van der Waals surface area (Å²) in [5.74, 6) is 0.686. The minimum Gasteiger partial charge on any atom is -0.311 e. The van der Waals surface area contributed by atoms with Crippen molar-refractivity contribution in [2.24, 2.45) is 9.98 Å². The molecule has 0 saturated carbocycles. The summed E-state index contributed by atoms with van der Waals surface area (Å²) in [6.07, 6.45) is 3.11. The first kappa shape index (κ1) is 20.9. The molecule has 0 fully saturated rings. The van der Waals surface area contributed by atoms with Crippen molar-refractivity contribution in [1.29, 1.82) is 0 Å². The first-order valence-electron chi connectivity index (χ1n) is 11.3. The number of rotatable bonds is 5. The molecular weight excluding hydrogens is 420 g/mol. The standard InChI is InChI=1S/C25H26N4O2S/c1-3-9-19-23(30)29-22(26-19)17-11-6-7-12-18(17)27-25(29)32-21(4-2)24(31)28-15-14-16-10-5-8-13-20(16)28/h5-8,10-13,19,21H,3-4,9,14-15H2,1-2H3/t19-,21-/m0/s1. The van der Waals surface area contributed by atoms with Crippen molar-refractivity contribution in [2.75, 3.05) is 11.4 Å². The fraction of sp³-hybridized carbons (Fsp3) is 0.360. The fourth-order valence-corrected chi connectivity index (χ4v) is 5.60. The quantitative estimate of drug-likeness (QED) is 0.677. The Morgan fingerprint density at radius 2 is 1.94 bits per heavy atom. The zero-order chi connectivity index (χ0) is 22.2. The number of thioether (sulfide) groups is 1. The normalized spacial score (nSPS) is 19.8. The van der Waals surface area contributed by atoms with Gasteiger partial charge in [0.25, 0.3) is 5.91 Å². The van der Waals surface area contributed by atoms with E-state index in [2.05, 4.69) is 13.0 Å². The molecule has 0 aliphatic carbocycles. The lowest BCUT2D eigenvalue weighted by Crippen LogP contribution is -2.43. The van der Waals surface area contributed by atoms with Gasteiger partial charge in [0.2, 0.25) is 5.91 Å². The molecule has 6 nitrogen and oxygen atoms in total. The summed E-state index contributed by atoms with van der Waals surface area (Å²) in [7, 11) is 0. The molecular formula is C25H26N4O2S. The molecule has 7 heteroatoms. The number of hydrogen-bond acceptors (Lipinski definition) is 5. The Bertz CT molecular complexity index is 1140. The average Bonchev–Trinajstić information content (AvgIpc) is 3.39. The molecule has 2 aromatic carbocycles. The molecule has 0 bridgehead atoms. The molecule has 3 heterocycles. The maximum Gasteiger partial charge on any atom is 0.259 e. The third-order valence-electron chi connectivity index (χ3n) is 6.16. The van der Waals surface area contributed by atoms with Gasteiger partial charge >= 0.3 is 0 Å². The van der Waals surface area contributed by atoms with E-state index in [1.54, 1.807) is 4.90 Å². The molecule has 5 rings (SSSR count). The van der Waals surface area contributed by atoms with Gasteiger partial charge in [-0.2, -0.15) is 0 Å². The second-order valence-corrected chi connectivity index (χ2v) is 9.40. The van der Waals surface area contributed by atoms with Crippen molar-refractivity contribution in [2.45, 2.75) is 50.8 Å². The second-order valence-electron chi connectivity index (χ2n) is 8.23. The molecule has 3 aliphatic heterocycles. The fourth-order valence-electron chi connectivity index (χ4n) is 4.52. The van der Waals surface area contributed by atoms with Crippen LogP contribution in [-0.2, 0) is 16.0 Å². The molecule has 0 unspecified atom stereocenters. The molecule has 0 N–H and O–H groups in total. The number of aliphatic imine (C=N–C) groups is 2. The lowest BCUT2D eigenvalue weighted by molar-refractivity contribution is -0.124. The van der Waals surface area contributed by atoms with Gasteiger partial charge in [0.1, 0.15) is 11.9 Å².